The first kappa shape index (κ1) is 24.8. The van der Waals surface area contributed by atoms with E-state index in [0.717, 1.165) is 34.7 Å². The molecule has 1 aromatic heterocycles. The Kier molecular flexibility index (Phi) is 7.23. The van der Waals surface area contributed by atoms with E-state index in [1.54, 1.807) is 6.26 Å². The molecule has 0 fully saturated rings. The van der Waals surface area contributed by atoms with E-state index in [0.29, 0.717) is 24.7 Å². The molecule has 1 N–H and O–H groups in total. The molecule has 0 atom stereocenters. The summed E-state index contributed by atoms with van der Waals surface area (Å²) in [6.07, 6.45) is 2.35. The summed E-state index contributed by atoms with van der Waals surface area (Å²) in [4.78, 5) is 6.84. The topological polar surface area (TPSA) is 58.7 Å². The van der Waals surface area contributed by atoms with Gasteiger partial charge >= 0.3 is 0 Å². The van der Waals surface area contributed by atoms with Gasteiger partial charge in [0.25, 0.3) is 0 Å². The Bertz CT molecular complexity index is 1050. The van der Waals surface area contributed by atoms with Crippen molar-refractivity contribution in [3.05, 3.63) is 65.0 Å². The Balaban J connectivity index is 1.76. The van der Waals surface area contributed by atoms with Crippen molar-refractivity contribution in [1.29, 1.82) is 0 Å². The summed E-state index contributed by atoms with van der Waals surface area (Å²) < 4.78 is 11.8. The second-order valence-electron chi connectivity index (χ2n) is 11.0. The average molecular weight is 451 g/mol. The highest BCUT2D eigenvalue weighted by molar-refractivity contribution is 5.63. The molecule has 1 heterocycles. The molecule has 0 aliphatic rings. The van der Waals surface area contributed by atoms with Crippen molar-refractivity contribution < 1.29 is 14.3 Å². The van der Waals surface area contributed by atoms with Gasteiger partial charge in [-0.05, 0) is 54.8 Å². The molecule has 2 aromatic carbocycles. The van der Waals surface area contributed by atoms with Gasteiger partial charge in [-0.1, -0.05) is 53.7 Å². The maximum Gasteiger partial charge on any atom is 0.226 e. The molecule has 0 aliphatic carbocycles. The van der Waals surface area contributed by atoms with Crippen molar-refractivity contribution in [3.8, 4) is 23.0 Å². The maximum atomic E-state index is 11.0. The fraction of sp³-hybridized carbons (Fsp3) is 0.464. The van der Waals surface area contributed by atoms with Gasteiger partial charge in [-0.2, -0.15) is 0 Å². The first-order valence-electron chi connectivity index (χ1n) is 11.5. The van der Waals surface area contributed by atoms with Crippen molar-refractivity contribution in [3.63, 3.8) is 0 Å². The van der Waals surface area contributed by atoms with Crippen LogP contribution in [0, 0.1) is 0 Å². The Morgan fingerprint density at radius 3 is 2.18 bits per heavy atom. The molecular formula is C28H38N2O3. The molecule has 0 spiro atoms. The monoisotopic (exact) mass is 450 g/mol. The molecule has 0 unspecified atom stereocenters. The Morgan fingerprint density at radius 1 is 0.970 bits per heavy atom. The van der Waals surface area contributed by atoms with Crippen LogP contribution in [-0.2, 0) is 23.8 Å². The van der Waals surface area contributed by atoms with Gasteiger partial charge in [0, 0.05) is 29.7 Å². The highest BCUT2D eigenvalue weighted by Gasteiger charge is 2.27. The molecule has 33 heavy (non-hydrogen) atoms. The number of benzene rings is 2. The minimum absolute atomic E-state index is 0.204. The van der Waals surface area contributed by atoms with Crippen LogP contribution in [0.3, 0.4) is 0 Å². The number of rotatable bonds is 7. The fourth-order valence-electron chi connectivity index (χ4n) is 3.83. The summed E-state index contributed by atoms with van der Waals surface area (Å²) in [6.45, 7) is 14.0. The fourth-order valence-corrected chi connectivity index (χ4v) is 3.83. The van der Waals surface area contributed by atoms with Crippen molar-refractivity contribution in [2.24, 2.45) is 0 Å². The van der Waals surface area contributed by atoms with Gasteiger partial charge < -0.3 is 19.2 Å². The van der Waals surface area contributed by atoms with Gasteiger partial charge in [-0.25, -0.2) is 4.98 Å². The zero-order valence-corrected chi connectivity index (χ0v) is 21.3. The summed E-state index contributed by atoms with van der Waals surface area (Å²) in [5.41, 5.74) is 4.33. The number of ether oxygens (including phenoxy) is 1. The van der Waals surface area contributed by atoms with E-state index in [9.17, 15) is 5.11 Å². The minimum atomic E-state index is -0.204. The smallest absolute Gasteiger partial charge is 0.226 e. The van der Waals surface area contributed by atoms with E-state index in [1.165, 1.54) is 5.56 Å². The second-order valence-corrected chi connectivity index (χ2v) is 11.0. The van der Waals surface area contributed by atoms with E-state index in [2.05, 4.69) is 72.7 Å². The van der Waals surface area contributed by atoms with E-state index in [4.69, 9.17) is 14.1 Å². The SMILES string of the molecule is CN(C)Cc1cccc(OCCc2coc(-c3cc(C(C)(C)C)c(O)c(C(C)(C)C)c3)n2)c1. The zero-order valence-electron chi connectivity index (χ0n) is 21.3. The van der Waals surface area contributed by atoms with E-state index in [-0.39, 0.29) is 10.8 Å². The van der Waals surface area contributed by atoms with Crippen molar-refractivity contribution >= 4 is 0 Å². The van der Waals surface area contributed by atoms with Crippen LogP contribution >= 0.6 is 0 Å². The van der Waals surface area contributed by atoms with Gasteiger partial charge in [-0.3, -0.25) is 0 Å². The number of phenols is 1. The predicted octanol–water partition coefficient (Wildman–Crippen LogP) is 6.33. The molecule has 0 bridgehead atoms. The summed E-state index contributed by atoms with van der Waals surface area (Å²) >= 11 is 0. The lowest BCUT2D eigenvalue weighted by Crippen LogP contribution is -2.17. The summed E-state index contributed by atoms with van der Waals surface area (Å²) in [7, 11) is 4.11. The predicted molar refractivity (Wildman–Crippen MR) is 134 cm³/mol. The molecule has 0 saturated heterocycles. The quantitative estimate of drug-likeness (QED) is 0.456. The molecule has 0 aliphatic heterocycles. The van der Waals surface area contributed by atoms with Crippen molar-refractivity contribution in [1.82, 2.24) is 9.88 Å². The standard InChI is InChI=1S/C28H38N2O3/c1-27(2,3)23-15-20(16-24(25(23)31)28(4,5)6)26-29-21(18-33-26)12-13-32-22-11-9-10-19(14-22)17-30(7)8/h9-11,14-16,18,31H,12-13,17H2,1-8H3. The van der Waals surface area contributed by atoms with Crippen LogP contribution in [-0.4, -0.2) is 35.7 Å². The third-order valence-corrected chi connectivity index (χ3v) is 5.55. The van der Waals surface area contributed by atoms with Crippen LogP contribution < -0.4 is 4.74 Å². The lowest BCUT2D eigenvalue weighted by molar-refractivity contribution is 0.319. The van der Waals surface area contributed by atoms with E-state index < -0.39 is 0 Å². The van der Waals surface area contributed by atoms with E-state index in [1.807, 2.05) is 24.3 Å². The highest BCUT2D eigenvalue weighted by Crippen LogP contribution is 2.41. The number of phenolic OH excluding ortho intramolecular Hbond substituents is 1. The molecule has 5 heteroatoms. The van der Waals surface area contributed by atoms with Crippen molar-refractivity contribution in [2.75, 3.05) is 20.7 Å². The lowest BCUT2D eigenvalue weighted by Gasteiger charge is -2.27. The van der Waals surface area contributed by atoms with Crippen LogP contribution in [0.2, 0.25) is 0 Å². The number of aromatic nitrogens is 1. The van der Waals surface area contributed by atoms with Crippen molar-refractivity contribution in [2.45, 2.75) is 65.3 Å². The van der Waals surface area contributed by atoms with Crippen LogP contribution in [0.1, 0.15) is 63.9 Å². The van der Waals surface area contributed by atoms with E-state index >= 15 is 0 Å². The van der Waals surface area contributed by atoms with Crippen LogP contribution in [0.15, 0.2) is 47.1 Å². The molecule has 0 saturated carbocycles. The second kappa shape index (κ2) is 9.60. The van der Waals surface area contributed by atoms with Gasteiger partial charge in [-0.15, -0.1) is 0 Å². The van der Waals surface area contributed by atoms with Gasteiger partial charge in [0.1, 0.15) is 17.8 Å². The first-order valence-corrected chi connectivity index (χ1v) is 11.5. The molecule has 5 nitrogen and oxygen atoms in total. The lowest BCUT2D eigenvalue weighted by atomic mass is 9.78. The Morgan fingerprint density at radius 2 is 1.61 bits per heavy atom. The molecule has 0 radical (unpaired) electrons. The summed E-state index contributed by atoms with van der Waals surface area (Å²) in [5, 5.41) is 11.0. The average Bonchev–Trinajstić information content (AvgIpc) is 3.15. The van der Waals surface area contributed by atoms with Gasteiger partial charge in [0.2, 0.25) is 5.89 Å². The third kappa shape index (κ3) is 6.38. The highest BCUT2D eigenvalue weighted by atomic mass is 16.5. The molecule has 0 amide bonds. The Hall–Kier alpha value is -2.79. The molecular weight excluding hydrogens is 412 g/mol. The largest absolute Gasteiger partial charge is 0.507 e. The van der Waals surface area contributed by atoms with Crippen LogP contribution in [0.5, 0.6) is 11.5 Å². The molecule has 3 rings (SSSR count). The first-order chi connectivity index (χ1) is 15.3. The maximum absolute atomic E-state index is 11.0. The summed E-state index contributed by atoms with van der Waals surface area (Å²) in [6, 6.07) is 12.2. The summed E-state index contributed by atoms with van der Waals surface area (Å²) in [5.74, 6) is 1.78. The number of nitrogens with zero attached hydrogens (tertiary/aromatic N) is 2. The third-order valence-electron chi connectivity index (χ3n) is 5.55. The van der Waals surface area contributed by atoms with Crippen LogP contribution in [0.25, 0.3) is 11.5 Å². The number of oxazole rings is 1. The van der Waals surface area contributed by atoms with Crippen LogP contribution in [0.4, 0.5) is 0 Å². The number of hydrogen-bond donors (Lipinski definition) is 1. The minimum Gasteiger partial charge on any atom is -0.507 e. The normalized spacial score (nSPS) is 12.4. The number of aromatic hydroxyl groups is 1. The zero-order chi connectivity index (χ0) is 24.4. The van der Waals surface area contributed by atoms with Gasteiger partial charge in [0.05, 0.1) is 12.3 Å². The molecule has 178 valence electrons. The Labute approximate surface area is 198 Å². The molecule has 3 aromatic rings. The van der Waals surface area contributed by atoms with Gasteiger partial charge in [0.15, 0.2) is 0 Å². The number of hydrogen-bond acceptors (Lipinski definition) is 5.